The van der Waals surface area contributed by atoms with Crippen LogP contribution >= 0.6 is 0 Å². The molecular formula is C13H27NO. The van der Waals surface area contributed by atoms with E-state index in [1.807, 2.05) is 0 Å². The third-order valence-corrected chi connectivity index (χ3v) is 2.81. The molecule has 15 heavy (non-hydrogen) atoms. The SMILES string of the molecule is CC(C)(C)CNCCCOC1CCCC1. The first-order valence-corrected chi connectivity index (χ1v) is 6.40. The van der Waals surface area contributed by atoms with Gasteiger partial charge >= 0.3 is 0 Å². The Morgan fingerprint density at radius 2 is 1.87 bits per heavy atom. The van der Waals surface area contributed by atoms with E-state index in [0.717, 1.165) is 26.1 Å². The van der Waals surface area contributed by atoms with Gasteiger partial charge in [-0.15, -0.1) is 0 Å². The molecule has 0 atom stereocenters. The van der Waals surface area contributed by atoms with Crippen LogP contribution in [0.5, 0.6) is 0 Å². The average Bonchev–Trinajstić information content (AvgIpc) is 2.61. The second-order valence-corrected chi connectivity index (χ2v) is 5.87. The van der Waals surface area contributed by atoms with Crippen LogP contribution in [0.4, 0.5) is 0 Å². The number of ether oxygens (including phenoxy) is 1. The van der Waals surface area contributed by atoms with E-state index in [1.54, 1.807) is 0 Å². The molecule has 1 fully saturated rings. The van der Waals surface area contributed by atoms with E-state index in [0.29, 0.717) is 11.5 Å². The second-order valence-electron chi connectivity index (χ2n) is 5.87. The molecule has 0 aromatic carbocycles. The summed E-state index contributed by atoms with van der Waals surface area (Å²) in [5.41, 5.74) is 0.395. The molecule has 2 heteroatoms. The van der Waals surface area contributed by atoms with Crippen LogP contribution in [-0.2, 0) is 4.74 Å². The van der Waals surface area contributed by atoms with E-state index in [4.69, 9.17) is 4.74 Å². The Kier molecular flexibility index (Phi) is 5.62. The van der Waals surface area contributed by atoms with Crippen LogP contribution in [0, 0.1) is 5.41 Å². The lowest BCUT2D eigenvalue weighted by molar-refractivity contribution is 0.0566. The van der Waals surface area contributed by atoms with Gasteiger partial charge in [-0.2, -0.15) is 0 Å². The predicted molar refractivity (Wildman–Crippen MR) is 65.1 cm³/mol. The van der Waals surface area contributed by atoms with Gasteiger partial charge in [-0.05, 0) is 37.8 Å². The zero-order chi connectivity index (χ0) is 11.1. The van der Waals surface area contributed by atoms with Crippen LogP contribution in [-0.4, -0.2) is 25.8 Å². The Morgan fingerprint density at radius 1 is 1.20 bits per heavy atom. The maximum atomic E-state index is 5.80. The van der Waals surface area contributed by atoms with E-state index in [2.05, 4.69) is 26.1 Å². The molecule has 0 aromatic heterocycles. The third-order valence-electron chi connectivity index (χ3n) is 2.81. The molecule has 0 saturated heterocycles. The molecule has 0 aliphatic heterocycles. The normalized spacial score (nSPS) is 18.6. The fraction of sp³-hybridized carbons (Fsp3) is 1.00. The zero-order valence-corrected chi connectivity index (χ0v) is 10.6. The first-order valence-electron chi connectivity index (χ1n) is 6.40. The van der Waals surface area contributed by atoms with Crippen molar-refractivity contribution in [3.05, 3.63) is 0 Å². The van der Waals surface area contributed by atoms with Gasteiger partial charge in [0, 0.05) is 6.61 Å². The minimum atomic E-state index is 0.395. The summed E-state index contributed by atoms with van der Waals surface area (Å²) >= 11 is 0. The lowest BCUT2D eigenvalue weighted by atomic mass is 9.97. The zero-order valence-electron chi connectivity index (χ0n) is 10.6. The maximum Gasteiger partial charge on any atom is 0.0575 e. The summed E-state index contributed by atoms with van der Waals surface area (Å²) in [5, 5.41) is 3.47. The van der Waals surface area contributed by atoms with Crippen molar-refractivity contribution in [1.82, 2.24) is 5.32 Å². The fourth-order valence-electron chi connectivity index (χ4n) is 1.97. The standard InChI is InChI=1S/C13H27NO/c1-13(2,3)11-14-9-6-10-15-12-7-4-5-8-12/h12,14H,4-11H2,1-3H3. The summed E-state index contributed by atoms with van der Waals surface area (Å²) in [6, 6.07) is 0. The monoisotopic (exact) mass is 213 g/mol. The minimum absolute atomic E-state index is 0.395. The minimum Gasteiger partial charge on any atom is -0.378 e. The molecule has 1 aliphatic rings. The van der Waals surface area contributed by atoms with Gasteiger partial charge in [-0.1, -0.05) is 33.6 Å². The highest BCUT2D eigenvalue weighted by atomic mass is 16.5. The summed E-state index contributed by atoms with van der Waals surface area (Å²) in [7, 11) is 0. The molecule has 2 nitrogen and oxygen atoms in total. The van der Waals surface area contributed by atoms with Crippen LogP contribution in [0.2, 0.25) is 0 Å². The first-order chi connectivity index (χ1) is 7.08. The highest BCUT2D eigenvalue weighted by Gasteiger charge is 2.14. The van der Waals surface area contributed by atoms with Crippen LogP contribution in [0.1, 0.15) is 52.9 Å². The van der Waals surface area contributed by atoms with Crippen molar-refractivity contribution >= 4 is 0 Å². The second kappa shape index (κ2) is 6.49. The van der Waals surface area contributed by atoms with Gasteiger partial charge in [0.25, 0.3) is 0 Å². The molecule has 0 unspecified atom stereocenters. The van der Waals surface area contributed by atoms with Crippen molar-refractivity contribution in [2.45, 2.75) is 59.0 Å². The summed E-state index contributed by atoms with van der Waals surface area (Å²) in [5.74, 6) is 0. The van der Waals surface area contributed by atoms with Gasteiger partial charge in [0.2, 0.25) is 0 Å². The highest BCUT2D eigenvalue weighted by Crippen LogP contribution is 2.20. The maximum absolute atomic E-state index is 5.80. The van der Waals surface area contributed by atoms with Crippen LogP contribution < -0.4 is 5.32 Å². The summed E-state index contributed by atoms with van der Waals surface area (Å²) in [4.78, 5) is 0. The smallest absolute Gasteiger partial charge is 0.0575 e. The number of nitrogens with one attached hydrogen (secondary N) is 1. The summed E-state index contributed by atoms with van der Waals surface area (Å²) in [6.45, 7) is 9.89. The Labute approximate surface area is 94.8 Å². The quantitative estimate of drug-likeness (QED) is 0.685. The summed E-state index contributed by atoms with van der Waals surface area (Å²) in [6.07, 6.45) is 7.03. The van der Waals surface area contributed by atoms with Crippen molar-refractivity contribution in [1.29, 1.82) is 0 Å². The molecule has 0 aromatic rings. The molecular weight excluding hydrogens is 186 g/mol. The molecule has 0 spiro atoms. The molecule has 0 radical (unpaired) electrons. The number of rotatable bonds is 6. The van der Waals surface area contributed by atoms with Gasteiger partial charge in [-0.25, -0.2) is 0 Å². The molecule has 90 valence electrons. The first kappa shape index (κ1) is 13.0. The average molecular weight is 213 g/mol. The molecule has 0 amide bonds. The van der Waals surface area contributed by atoms with Crippen molar-refractivity contribution in [3.63, 3.8) is 0 Å². The topological polar surface area (TPSA) is 21.3 Å². The number of hydrogen-bond acceptors (Lipinski definition) is 2. The van der Waals surface area contributed by atoms with Crippen LogP contribution in [0.3, 0.4) is 0 Å². The Bertz CT molecular complexity index is 156. The molecule has 1 saturated carbocycles. The lowest BCUT2D eigenvalue weighted by Crippen LogP contribution is -2.28. The Hall–Kier alpha value is -0.0800. The Balaban J connectivity index is 1.84. The third kappa shape index (κ3) is 6.91. The van der Waals surface area contributed by atoms with Gasteiger partial charge in [0.15, 0.2) is 0 Å². The van der Waals surface area contributed by atoms with E-state index in [1.165, 1.54) is 25.7 Å². The number of hydrogen-bond donors (Lipinski definition) is 1. The molecule has 1 N–H and O–H groups in total. The fourth-order valence-corrected chi connectivity index (χ4v) is 1.97. The van der Waals surface area contributed by atoms with E-state index in [9.17, 15) is 0 Å². The highest BCUT2D eigenvalue weighted by molar-refractivity contribution is 4.67. The van der Waals surface area contributed by atoms with Gasteiger partial charge < -0.3 is 10.1 Å². The van der Waals surface area contributed by atoms with E-state index < -0.39 is 0 Å². The van der Waals surface area contributed by atoms with Gasteiger partial charge in [0.05, 0.1) is 6.10 Å². The molecule has 1 aliphatic carbocycles. The van der Waals surface area contributed by atoms with E-state index >= 15 is 0 Å². The predicted octanol–water partition coefficient (Wildman–Crippen LogP) is 2.97. The Morgan fingerprint density at radius 3 is 2.47 bits per heavy atom. The molecule has 1 rings (SSSR count). The van der Waals surface area contributed by atoms with Gasteiger partial charge in [0.1, 0.15) is 0 Å². The lowest BCUT2D eigenvalue weighted by Gasteiger charge is -2.19. The van der Waals surface area contributed by atoms with Crippen LogP contribution in [0.25, 0.3) is 0 Å². The van der Waals surface area contributed by atoms with Crippen molar-refractivity contribution < 1.29 is 4.74 Å². The molecule has 0 heterocycles. The summed E-state index contributed by atoms with van der Waals surface area (Å²) < 4.78 is 5.80. The van der Waals surface area contributed by atoms with Crippen molar-refractivity contribution in [2.75, 3.05) is 19.7 Å². The van der Waals surface area contributed by atoms with Crippen LogP contribution in [0.15, 0.2) is 0 Å². The van der Waals surface area contributed by atoms with Crippen molar-refractivity contribution in [3.8, 4) is 0 Å². The van der Waals surface area contributed by atoms with Gasteiger partial charge in [-0.3, -0.25) is 0 Å². The van der Waals surface area contributed by atoms with E-state index in [-0.39, 0.29) is 0 Å². The van der Waals surface area contributed by atoms with Crippen molar-refractivity contribution in [2.24, 2.45) is 5.41 Å². The molecule has 0 bridgehead atoms. The largest absolute Gasteiger partial charge is 0.378 e.